The van der Waals surface area contributed by atoms with Crippen molar-refractivity contribution in [2.24, 2.45) is 4.99 Å². The molecule has 2 rings (SSSR count). The Hall–Kier alpha value is -1.56. The third-order valence-corrected chi connectivity index (χ3v) is 4.09. The van der Waals surface area contributed by atoms with Gasteiger partial charge in [-0.15, -0.1) is 35.3 Å². The summed E-state index contributed by atoms with van der Waals surface area (Å²) in [5, 5.41) is 6.28. The van der Waals surface area contributed by atoms with E-state index in [2.05, 4.69) is 31.4 Å². The van der Waals surface area contributed by atoms with Gasteiger partial charge in [-0.2, -0.15) is 13.2 Å². The van der Waals surface area contributed by atoms with Crippen molar-refractivity contribution < 1.29 is 17.9 Å². The SMILES string of the molecule is CN=C(NCc1ccnc(OCC(F)(F)F)c1)NCc1ccc(C)s1.I. The lowest BCUT2D eigenvalue weighted by Gasteiger charge is -2.12. The molecule has 2 aromatic rings. The van der Waals surface area contributed by atoms with E-state index in [1.807, 2.05) is 13.0 Å². The number of alkyl halides is 3. The number of rotatable bonds is 6. The highest BCUT2D eigenvalue weighted by molar-refractivity contribution is 14.0. The fourth-order valence-electron chi connectivity index (χ4n) is 1.95. The molecule has 2 aromatic heterocycles. The van der Waals surface area contributed by atoms with Crippen molar-refractivity contribution in [3.8, 4) is 5.88 Å². The second-order valence-electron chi connectivity index (χ2n) is 5.20. The molecule has 0 bridgehead atoms. The number of aromatic nitrogens is 1. The zero-order valence-corrected chi connectivity index (χ0v) is 17.4. The van der Waals surface area contributed by atoms with Crippen molar-refractivity contribution >= 4 is 41.3 Å². The molecule has 0 fully saturated rings. The van der Waals surface area contributed by atoms with Gasteiger partial charge in [0.25, 0.3) is 0 Å². The molecule has 2 heterocycles. The number of ether oxygens (including phenoxy) is 1. The molecule has 0 spiro atoms. The molecule has 2 N–H and O–H groups in total. The number of nitrogens with zero attached hydrogens (tertiary/aromatic N) is 2. The Morgan fingerprint density at radius 1 is 1.23 bits per heavy atom. The largest absolute Gasteiger partial charge is 0.468 e. The Bertz CT molecular complexity index is 722. The second-order valence-corrected chi connectivity index (χ2v) is 6.57. The van der Waals surface area contributed by atoms with Gasteiger partial charge in [-0.1, -0.05) is 0 Å². The molecule has 0 aromatic carbocycles. The molecule has 0 saturated carbocycles. The highest BCUT2D eigenvalue weighted by Gasteiger charge is 2.28. The van der Waals surface area contributed by atoms with Crippen LogP contribution in [-0.4, -0.2) is 30.8 Å². The topological polar surface area (TPSA) is 58.5 Å². The Kier molecular flexibility index (Phi) is 9.13. The van der Waals surface area contributed by atoms with E-state index < -0.39 is 12.8 Å². The number of thiophene rings is 1. The molecule has 0 amide bonds. The number of aryl methyl sites for hydroxylation is 1. The first-order chi connectivity index (χ1) is 11.9. The van der Waals surface area contributed by atoms with E-state index in [1.165, 1.54) is 22.0 Å². The molecular formula is C16H20F3IN4OS. The van der Waals surface area contributed by atoms with Crippen molar-refractivity contribution in [3.63, 3.8) is 0 Å². The van der Waals surface area contributed by atoms with Gasteiger partial charge in [0, 0.05) is 35.6 Å². The molecule has 0 saturated heterocycles. The lowest BCUT2D eigenvalue weighted by Crippen LogP contribution is -2.36. The maximum atomic E-state index is 12.2. The van der Waals surface area contributed by atoms with Gasteiger partial charge >= 0.3 is 6.18 Å². The Balaban J connectivity index is 0.00000338. The lowest BCUT2D eigenvalue weighted by molar-refractivity contribution is -0.154. The maximum absolute atomic E-state index is 12.2. The Morgan fingerprint density at radius 3 is 2.58 bits per heavy atom. The zero-order valence-electron chi connectivity index (χ0n) is 14.3. The maximum Gasteiger partial charge on any atom is 0.422 e. The smallest absolute Gasteiger partial charge is 0.422 e. The Labute approximate surface area is 171 Å². The molecule has 0 aliphatic heterocycles. The van der Waals surface area contributed by atoms with Crippen LogP contribution in [0.3, 0.4) is 0 Å². The molecule has 5 nitrogen and oxygen atoms in total. The van der Waals surface area contributed by atoms with Crippen LogP contribution in [0.1, 0.15) is 15.3 Å². The van der Waals surface area contributed by atoms with E-state index in [1.54, 1.807) is 24.5 Å². The van der Waals surface area contributed by atoms with Gasteiger partial charge in [-0.25, -0.2) is 4.98 Å². The van der Waals surface area contributed by atoms with Crippen molar-refractivity contribution in [2.45, 2.75) is 26.2 Å². The Morgan fingerprint density at radius 2 is 1.96 bits per heavy atom. The number of hydrogen-bond donors (Lipinski definition) is 2. The average molecular weight is 500 g/mol. The van der Waals surface area contributed by atoms with Gasteiger partial charge < -0.3 is 15.4 Å². The molecule has 144 valence electrons. The van der Waals surface area contributed by atoms with Crippen molar-refractivity contribution in [1.82, 2.24) is 15.6 Å². The van der Waals surface area contributed by atoms with Crippen LogP contribution in [0.5, 0.6) is 5.88 Å². The summed E-state index contributed by atoms with van der Waals surface area (Å²) >= 11 is 1.70. The van der Waals surface area contributed by atoms with E-state index in [-0.39, 0.29) is 29.9 Å². The van der Waals surface area contributed by atoms with Gasteiger partial charge in [0.15, 0.2) is 12.6 Å². The van der Waals surface area contributed by atoms with Gasteiger partial charge in [0.2, 0.25) is 5.88 Å². The zero-order chi connectivity index (χ0) is 18.3. The molecule has 26 heavy (non-hydrogen) atoms. The number of nitrogens with one attached hydrogen (secondary N) is 2. The van der Waals surface area contributed by atoms with Crippen LogP contribution in [0, 0.1) is 6.92 Å². The van der Waals surface area contributed by atoms with Gasteiger partial charge in [-0.05, 0) is 30.7 Å². The summed E-state index contributed by atoms with van der Waals surface area (Å²) in [4.78, 5) is 10.3. The summed E-state index contributed by atoms with van der Waals surface area (Å²) in [6, 6.07) is 7.27. The van der Waals surface area contributed by atoms with Crippen LogP contribution in [-0.2, 0) is 13.1 Å². The van der Waals surface area contributed by atoms with Gasteiger partial charge in [0.1, 0.15) is 0 Å². The molecule has 10 heteroatoms. The quantitative estimate of drug-likeness (QED) is 0.359. The van der Waals surface area contributed by atoms with Crippen LogP contribution in [0.15, 0.2) is 35.5 Å². The van der Waals surface area contributed by atoms with E-state index in [0.717, 1.165) is 5.56 Å². The number of aliphatic imine (C=N–C) groups is 1. The van der Waals surface area contributed by atoms with Gasteiger partial charge in [0.05, 0.1) is 6.54 Å². The third-order valence-electron chi connectivity index (χ3n) is 3.09. The van der Waals surface area contributed by atoms with Crippen LogP contribution in [0.2, 0.25) is 0 Å². The van der Waals surface area contributed by atoms with Crippen LogP contribution < -0.4 is 15.4 Å². The summed E-state index contributed by atoms with van der Waals surface area (Å²) < 4.78 is 41.2. The van der Waals surface area contributed by atoms with E-state index >= 15 is 0 Å². The van der Waals surface area contributed by atoms with Crippen LogP contribution in [0.25, 0.3) is 0 Å². The van der Waals surface area contributed by atoms with Crippen molar-refractivity contribution in [1.29, 1.82) is 0 Å². The molecule has 0 aliphatic carbocycles. The normalized spacial score (nSPS) is 11.7. The first-order valence-electron chi connectivity index (χ1n) is 7.50. The first-order valence-corrected chi connectivity index (χ1v) is 8.31. The standard InChI is InChI=1S/C16H19F3N4OS.HI/c1-11-3-4-13(25-11)9-23-15(20-2)22-8-12-5-6-21-14(7-12)24-10-16(17,18)19;/h3-7H,8-10H2,1-2H3,(H2,20,22,23);1H. The number of halogens is 4. The average Bonchev–Trinajstić information content (AvgIpc) is 2.98. The molecular weight excluding hydrogens is 480 g/mol. The summed E-state index contributed by atoms with van der Waals surface area (Å²) in [5.41, 5.74) is 0.738. The fraction of sp³-hybridized carbons (Fsp3) is 0.375. The van der Waals surface area contributed by atoms with E-state index in [0.29, 0.717) is 19.0 Å². The summed E-state index contributed by atoms with van der Waals surface area (Å²) in [6.45, 7) is 1.71. The monoisotopic (exact) mass is 500 g/mol. The number of hydrogen-bond acceptors (Lipinski definition) is 4. The van der Waals surface area contributed by atoms with Crippen LogP contribution >= 0.6 is 35.3 Å². The predicted molar refractivity (Wildman–Crippen MR) is 107 cm³/mol. The number of pyridine rings is 1. The highest BCUT2D eigenvalue weighted by atomic mass is 127. The second kappa shape index (κ2) is 10.6. The van der Waals surface area contributed by atoms with Crippen molar-refractivity contribution in [3.05, 3.63) is 45.8 Å². The molecule has 0 aliphatic rings. The third kappa shape index (κ3) is 8.21. The number of guanidine groups is 1. The summed E-state index contributed by atoms with van der Waals surface area (Å²) in [5.74, 6) is 0.536. The van der Waals surface area contributed by atoms with Gasteiger partial charge in [-0.3, -0.25) is 4.99 Å². The van der Waals surface area contributed by atoms with E-state index in [9.17, 15) is 13.2 Å². The molecule has 0 radical (unpaired) electrons. The summed E-state index contributed by atoms with van der Waals surface area (Å²) in [6.07, 6.45) is -2.98. The van der Waals surface area contributed by atoms with Crippen molar-refractivity contribution in [2.75, 3.05) is 13.7 Å². The first kappa shape index (κ1) is 22.5. The molecule has 0 atom stereocenters. The lowest BCUT2D eigenvalue weighted by atomic mass is 10.2. The highest BCUT2D eigenvalue weighted by Crippen LogP contribution is 2.17. The fourth-order valence-corrected chi connectivity index (χ4v) is 2.78. The van der Waals surface area contributed by atoms with E-state index in [4.69, 9.17) is 0 Å². The van der Waals surface area contributed by atoms with Crippen LogP contribution in [0.4, 0.5) is 13.2 Å². The minimum absolute atomic E-state index is 0. The minimum Gasteiger partial charge on any atom is -0.468 e. The summed E-state index contributed by atoms with van der Waals surface area (Å²) in [7, 11) is 1.65. The molecule has 0 unspecified atom stereocenters. The minimum atomic E-state index is -4.39. The predicted octanol–water partition coefficient (Wildman–Crippen LogP) is 3.88.